The molecule has 0 radical (unpaired) electrons. The number of primary amides is 1. The molecule has 0 saturated heterocycles. The molecule has 1 amide bonds. The van der Waals surface area contributed by atoms with Crippen molar-refractivity contribution in [2.24, 2.45) is 5.73 Å². The summed E-state index contributed by atoms with van der Waals surface area (Å²) in [5, 5.41) is 28.7. The maximum atomic E-state index is 11.8. The number of benzene rings is 2. The summed E-state index contributed by atoms with van der Waals surface area (Å²) < 4.78 is 24.8. The second kappa shape index (κ2) is 7.79. The summed E-state index contributed by atoms with van der Waals surface area (Å²) in [6.07, 6.45) is 1.11. The van der Waals surface area contributed by atoms with Crippen molar-refractivity contribution in [1.29, 1.82) is 0 Å². The Hall–Kier alpha value is -3.40. The molecule has 0 saturated carbocycles. The van der Waals surface area contributed by atoms with Crippen LogP contribution in [0.5, 0.6) is 11.5 Å². The first-order chi connectivity index (χ1) is 14.0. The van der Waals surface area contributed by atoms with Crippen LogP contribution in [0.25, 0.3) is 22.5 Å². The Kier molecular flexibility index (Phi) is 5.53. The quantitative estimate of drug-likeness (QED) is 0.542. The van der Waals surface area contributed by atoms with Gasteiger partial charge in [-0.05, 0) is 29.7 Å². The van der Waals surface area contributed by atoms with Crippen molar-refractivity contribution in [3.63, 3.8) is 0 Å². The van der Waals surface area contributed by atoms with Crippen LogP contribution in [0, 0.1) is 0 Å². The number of aromatic nitrogens is 3. The molecule has 10 heteroatoms. The standard InChI is InChI=1S/C20H22N4O5S/c1-11(2)14-8-15(17(26)9-16(14)25)19-20(24(23-22-19)10-18(21)27)12-4-6-13(7-5-12)30(3,28)29/h4-9,11,25-26H,10H2,1-3H3,(H2,21,27). The molecule has 0 fully saturated rings. The van der Waals surface area contributed by atoms with Gasteiger partial charge >= 0.3 is 0 Å². The highest BCUT2D eigenvalue weighted by Gasteiger charge is 2.22. The maximum absolute atomic E-state index is 11.8. The molecule has 0 bridgehead atoms. The number of sulfone groups is 1. The fourth-order valence-electron chi connectivity index (χ4n) is 3.14. The van der Waals surface area contributed by atoms with E-state index in [9.17, 15) is 23.4 Å². The van der Waals surface area contributed by atoms with E-state index in [1.807, 2.05) is 13.8 Å². The SMILES string of the molecule is CC(C)c1cc(-c2nnn(CC(N)=O)c2-c2ccc(S(C)(=O)=O)cc2)c(O)cc1O. The highest BCUT2D eigenvalue weighted by molar-refractivity contribution is 7.90. The summed E-state index contributed by atoms with van der Waals surface area (Å²) >= 11 is 0. The maximum Gasteiger partial charge on any atom is 0.239 e. The molecule has 1 aromatic heterocycles. The largest absolute Gasteiger partial charge is 0.508 e. The van der Waals surface area contributed by atoms with Gasteiger partial charge < -0.3 is 15.9 Å². The molecule has 30 heavy (non-hydrogen) atoms. The van der Waals surface area contributed by atoms with Gasteiger partial charge in [0, 0.05) is 23.4 Å². The van der Waals surface area contributed by atoms with Crippen molar-refractivity contribution >= 4 is 15.7 Å². The van der Waals surface area contributed by atoms with Crippen LogP contribution in [0.4, 0.5) is 0 Å². The van der Waals surface area contributed by atoms with E-state index in [0.717, 1.165) is 6.26 Å². The molecule has 0 atom stereocenters. The van der Waals surface area contributed by atoms with Crippen molar-refractivity contribution in [2.75, 3.05) is 6.26 Å². The number of nitrogens with zero attached hydrogens (tertiary/aromatic N) is 3. The summed E-state index contributed by atoms with van der Waals surface area (Å²) in [6, 6.07) is 8.85. The van der Waals surface area contributed by atoms with E-state index in [2.05, 4.69) is 10.3 Å². The summed E-state index contributed by atoms with van der Waals surface area (Å²) in [5.74, 6) is -0.923. The Balaban J connectivity index is 2.24. The number of phenols is 2. The molecular weight excluding hydrogens is 408 g/mol. The fraction of sp³-hybridized carbons (Fsp3) is 0.250. The molecular formula is C20H22N4O5S. The zero-order valence-electron chi connectivity index (χ0n) is 16.7. The number of phenolic OH excluding ortho intramolecular Hbond substituents is 2. The van der Waals surface area contributed by atoms with Crippen LogP contribution < -0.4 is 5.73 Å². The Bertz CT molecular complexity index is 1210. The third-order valence-electron chi connectivity index (χ3n) is 4.62. The van der Waals surface area contributed by atoms with Crippen LogP contribution in [0.1, 0.15) is 25.3 Å². The van der Waals surface area contributed by atoms with E-state index in [1.54, 1.807) is 18.2 Å². The molecule has 9 nitrogen and oxygen atoms in total. The summed E-state index contributed by atoms with van der Waals surface area (Å²) in [6.45, 7) is 3.53. The smallest absolute Gasteiger partial charge is 0.239 e. The fourth-order valence-corrected chi connectivity index (χ4v) is 3.78. The Morgan fingerprint density at radius 3 is 2.30 bits per heavy atom. The molecule has 1 heterocycles. The lowest BCUT2D eigenvalue weighted by molar-refractivity contribution is -0.118. The molecule has 4 N–H and O–H groups in total. The number of hydrogen-bond donors (Lipinski definition) is 3. The molecule has 0 aliphatic rings. The predicted octanol–water partition coefficient (Wildman–Crippen LogP) is 2.04. The van der Waals surface area contributed by atoms with E-state index in [1.165, 1.54) is 22.9 Å². The predicted molar refractivity (Wildman–Crippen MR) is 111 cm³/mol. The lowest BCUT2D eigenvalue weighted by Gasteiger charge is -2.13. The van der Waals surface area contributed by atoms with E-state index < -0.39 is 15.7 Å². The van der Waals surface area contributed by atoms with Crippen LogP contribution in [0.15, 0.2) is 41.3 Å². The zero-order chi connectivity index (χ0) is 22.2. The lowest BCUT2D eigenvalue weighted by Crippen LogP contribution is -2.20. The van der Waals surface area contributed by atoms with Crippen LogP contribution in [0.2, 0.25) is 0 Å². The molecule has 3 rings (SSSR count). The van der Waals surface area contributed by atoms with Gasteiger partial charge in [0.1, 0.15) is 23.7 Å². The molecule has 2 aromatic carbocycles. The Labute approximate surface area is 173 Å². The Morgan fingerprint density at radius 2 is 1.77 bits per heavy atom. The van der Waals surface area contributed by atoms with Gasteiger partial charge in [-0.3, -0.25) is 4.79 Å². The first-order valence-corrected chi connectivity index (χ1v) is 11.0. The molecule has 3 aromatic rings. The molecule has 0 unspecified atom stereocenters. The Morgan fingerprint density at radius 1 is 1.13 bits per heavy atom. The van der Waals surface area contributed by atoms with Crippen LogP contribution in [0.3, 0.4) is 0 Å². The first-order valence-electron chi connectivity index (χ1n) is 9.07. The van der Waals surface area contributed by atoms with Gasteiger partial charge in [-0.2, -0.15) is 0 Å². The topological polar surface area (TPSA) is 148 Å². The normalized spacial score (nSPS) is 11.7. The van der Waals surface area contributed by atoms with Crippen molar-refractivity contribution in [2.45, 2.75) is 31.2 Å². The van der Waals surface area contributed by atoms with Gasteiger partial charge in [0.15, 0.2) is 9.84 Å². The minimum Gasteiger partial charge on any atom is -0.508 e. The monoisotopic (exact) mass is 430 g/mol. The summed E-state index contributed by atoms with van der Waals surface area (Å²) in [5.41, 5.74) is 7.42. The van der Waals surface area contributed by atoms with E-state index in [0.29, 0.717) is 22.4 Å². The van der Waals surface area contributed by atoms with E-state index in [-0.39, 0.29) is 34.6 Å². The van der Waals surface area contributed by atoms with Gasteiger partial charge in [0.2, 0.25) is 5.91 Å². The van der Waals surface area contributed by atoms with Crippen molar-refractivity contribution in [3.05, 3.63) is 42.0 Å². The number of amides is 1. The third kappa shape index (κ3) is 4.13. The van der Waals surface area contributed by atoms with E-state index >= 15 is 0 Å². The minimum atomic E-state index is -3.39. The van der Waals surface area contributed by atoms with Crippen molar-refractivity contribution in [1.82, 2.24) is 15.0 Å². The van der Waals surface area contributed by atoms with Gasteiger partial charge in [-0.15, -0.1) is 5.10 Å². The molecule has 0 aliphatic carbocycles. The van der Waals surface area contributed by atoms with Gasteiger partial charge in [0.25, 0.3) is 0 Å². The number of nitrogens with two attached hydrogens (primary N) is 1. The van der Waals surface area contributed by atoms with Crippen molar-refractivity contribution < 1.29 is 23.4 Å². The first kappa shape index (κ1) is 21.3. The van der Waals surface area contributed by atoms with Crippen LogP contribution in [-0.2, 0) is 21.2 Å². The molecule has 158 valence electrons. The van der Waals surface area contributed by atoms with Crippen LogP contribution in [-0.4, -0.2) is 45.8 Å². The number of rotatable bonds is 6. The van der Waals surface area contributed by atoms with Crippen LogP contribution >= 0.6 is 0 Å². The van der Waals surface area contributed by atoms with Gasteiger partial charge in [0.05, 0.1) is 10.6 Å². The number of carbonyl (C=O) groups is 1. The van der Waals surface area contributed by atoms with E-state index in [4.69, 9.17) is 5.73 Å². The number of hydrogen-bond acceptors (Lipinski definition) is 7. The second-order valence-corrected chi connectivity index (χ2v) is 9.31. The molecule has 0 spiro atoms. The van der Waals surface area contributed by atoms with Crippen molar-refractivity contribution in [3.8, 4) is 34.0 Å². The number of carbonyl (C=O) groups excluding carboxylic acids is 1. The zero-order valence-corrected chi connectivity index (χ0v) is 17.5. The molecule has 0 aliphatic heterocycles. The number of aromatic hydroxyl groups is 2. The highest BCUT2D eigenvalue weighted by Crippen LogP contribution is 2.40. The summed E-state index contributed by atoms with van der Waals surface area (Å²) in [7, 11) is -3.39. The lowest BCUT2D eigenvalue weighted by atomic mass is 9.96. The third-order valence-corrected chi connectivity index (χ3v) is 5.75. The van der Waals surface area contributed by atoms with Gasteiger partial charge in [-0.1, -0.05) is 31.2 Å². The summed E-state index contributed by atoms with van der Waals surface area (Å²) in [4.78, 5) is 11.6. The minimum absolute atomic E-state index is 0.0255. The average Bonchev–Trinajstić information content (AvgIpc) is 3.03. The second-order valence-electron chi connectivity index (χ2n) is 7.29. The average molecular weight is 430 g/mol. The van der Waals surface area contributed by atoms with Gasteiger partial charge in [-0.25, -0.2) is 13.1 Å². The highest BCUT2D eigenvalue weighted by atomic mass is 32.2.